The van der Waals surface area contributed by atoms with E-state index < -0.39 is 23.8 Å². The first kappa shape index (κ1) is 16.3. The van der Waals surface area contributed by atoms with E-state index in [0.29, 0.717) is 5.56 Å². The van der Waals surface area contributed by atoms with Gasteiger partial charge in [-0.05, 0) is 41.0 Å². The summed E-state index contributed by atoms with van der Waals surface area (Å²) in [5, 5.41) is 18.9. The van der Waals surface area contributed by atoms with E-state index >= 15 is 0 Å². The molecule has 0 aliphatic rings. The fraction of sp³-hybridized carbons (Fsp3) is 0.133. The van der Waals surface area contributed by atoms with Gasteiger partial charge in [0.2, 0.25) is 0 Å². The number of halogens is 4. The average molecular weight is 331 g/mol. The van der Waals surface area contributed by atoms with Crippen molar-refractivity contribution >= 4 is 17.6 Å². The Morgan fingerprint density at radius 2 is 1.68 bits per heavy atom. The Balaban J connectivity index is 2.52. The number of rotatable bonds is 3. The van der Waals surface area contributed by atoms with Crippen LogP contribution in [0, 0.1) is 0 Å². The number of aliphatic hydroxyl groups is 1. The molecule has 0 radical (unpaired) electrons. The van der Waals surface area contributed by atoms with Crippen LogP contribution in [0.2, 0.25) is 5.02 Å². The van der Waals surface area contributed by atoms with Gasteiger partial charge in [0, 0.05) is 5.02 Å². The Bertz CT molecular complexity index is 696. The van der Waals surface area contributed by atoms with Crippen molar-refractivity contribution in [2.75, 3.05) is 0 Å². The zero-order valence-corrected chi connectivity index (χ0v) is 11.7. The van der Waals surface area contributed by atoms with Crippen molar-refractivity contribution in [3.05, 3.63) is 58.6 Å². The SMILES string of the molecule is O=C(O)C(O)c1ccc(Cl)cc1-c1ccc(C(F)(F)F)cc1. The van der Waals surface area contributed by atoms with E-state index in [1.54, 1.807) is 0 Å². The summed E-state index contributed by atoms with van der Waals surface area (Å²) < 4.78 is 37.7. The Morgan fingerprint density at radius 3 is 2.18 bits per heavy atom. The van der Waals surface area contributed by atoms with Crippen molar-refractivity contribution in [2.24, 2.45) is 0 Å². The maximum absolute atomic E-state index is 12.6. The maximum atomic E-state index is 12.6. The molecule has 0 fully saturated rings. The number of alkyl halides is 3. The summed E-state index contributed by atoms with van der Waals surface area (Å²) in [7, 11) is 0. The van der Waals surface area contributed by atoms with E-state index in [1.165, 1.54) is 30.3 Å². The smallest absolute Gasteiger partial charge is 0.416 e. The molecule has 2 aromatic carbocycles. The van der Waals surface area contributed by atoms with Gasteiger partial charge in [0.1, 0.15) is 0 Å². The second kappa shape index (κ2) is 5.98. The predicted octanol–water partition coefficient (Wildman–Crippen LogP) is 4.14. The quantitative estimate of drug-likeness (QED) is 0.889. The zero-order valence-electron chi connectivity index (χ0n) is 10.9. The lowest BCUT2D eigenvalue weighted by molar-refractivity contribution is -0.147. The maximum Gasteiger partial charge on any atom is 0.416 e. The Kier molecular flexibility index (Phi) is 4.44. The molecule has 22 heavy (non-hydrogen) atoms. The van der Waals surface area contributed by atoms with E-state index in [4.69, 9.17) is 16.7 Å². The molecule has 0 heterocycles. The van der Waals surface area contributed by atoms with Gasteiger partial charge in [-0.15, -0.1) is 0 Å². The van der Waals surface area contributed by atoms with Gasteiger partial charge in [-0.3, -0.25) is 0 Å². The third-order valence-electron chi connectivity index (χ3n) is 3.07. The minimum absolute atomic E-state index is 0.0525. The molecule has 1 atom stereocenters. The molecule has 2 aromatic rings. The third kappa shape index (κ3) is 3.40. The first-order chi connectivity index (χ1) is 10.2. The van der Waals surface area contributed by atoms with Crippen molar-refractivity contribution in [3.8, 4) is 11.1 Å². The normalized spacial score (nSPS) is 13.0. The second-order valence-corrected chi connectivity index (χ2v) is 4.98. The molecule has 0 saturated heterocycles. The highest BCUT2D eigenvalue weighted by Crippen LogP contribution is 2.34. The summed E-state index contributed by atoms with van der Waals surface area (Å²) in [4.78, 5) is 10.9. The minimum atomic E-state index is -4.46. The van der Waals surface area contributed by atoms with Gasteiger partial charge in [0.15, 0.2) is 6.10 Å². The molecule has 0 aliphatic heterocycles. The number of hydrogen-bond acceptors (Lipinski definition) is 2. The van der Waals surface area contributed by atoms with E-state index in [9.17, 15) is 23.1 Å². The van der Waals surface area contributed by atoms with E-state index in [1.807, 2.05) is 0 Å². The van der Waals surface area contributed by atoms with E-state index in [-0.39, 0.29) is 16.1 Å². The summed E-state index contributed by atoms with van der Waals surface area (Å²) in [6, 6.07) is 8.29. The van der Waals surface area contributed by atoms with Gasteiger partial charge in [0.25, 0.3) is 0 Å². The second-order valence-electron chi connectivity index (χ2n) is 4.55. The molecule has 0 saturated carbocycles. The lowest BCUT2D eigenvalue weighted by Gasteiger charge is -2.14. The summed E-state index contributed by atoms with van der Waals surface area (Å²) in [6.07, 6.45) is -6.26. The van der Waals surface area contributed by atoms with E-state index in [2.05, 4.69) is 0 Å². The van der Waals surface area contributed by atoms with Crippen molar-refractivity contribution in [1.29, 1.82) is 0 Å². The fourth-order valence-corrected chi connectivity index (χ4v) is 2.16. The summed E-state index contributed by atoms with van der Waals surface area (Å²) in [5.41, 5.74) is -0.183. The topological polar surface area (TPSA) is 57.5 Å². The van der Waals surface area contributed by atoms with Gasteiger partial charge < -0.3 is 10.2 Å². The molecule has 0 aromatic heterocycles. The van der Waals surface area contributed by atoms with Crippen LogP contribution in [0.25, 0.3) is 11.1 Å². The molecule has 3 nitrogen and oxygen atoms in total. The molecule has 7 heteroatoms. The lowest BCUT2D eigenvalue weighted by Crippen LogP contribution is -2.11. The van der Waals surface area contributed by atoms with Crippen molar-refractivity contribution < 1.29 is 28.2 Å². The number of aliphatic hydroxyl groups excluding tert-OH is 1. The predicted molar refractivity (Wildman–Crippen MR) is 74.5 cm³/mol. The van der Waals surface area contributed by atoms with Crippen LogP contribution in [0.15, 0.2) is 42.5 Å². The van der Waals surface area contributed by atoms with Crippen LogP contribution in [-0.2, 0) is 11.0 Å². The first-order valence-electron chi connectivity index (χ1n) is 6.08. The Morgan fingerprint density at radius 1 is 1.09 bits per heavy atom. The Hall–Kier alpha value is -2.05. The van der Waals surface area contributed by atoms with Crippen molar-refractivity contribution in [2.45, 2.75) is 12.3 Å². The average Bonchev–Trinajstić information content (AvgIpc) is 2.45. The highest BCUT2D eigenvalue weighted by Gasteiger charge is 2.30. The lowest BCUT2D eigenvalue weighted by atomic mass is 9.95. The molecule has 2 N–H and O–H groups in total. The minimum Gasteiger partial charge on any atom is -0.479 e. The number of hydrogen-bond donors (Lipinski definition) is 2. The van der Waals surface area contributed by atoms with Gasteiger partial charge in [0.05, 0.1) is 5.56 Å². The van der Waals surface area contributed by atoms with Gasteiger partial charge in [-0.25, -0.2) is 4.79 Å². The van der Waals surface area contributed by atoms with Gasteiger partial charge in [-0.2, -0.15) is 13.2 Å². The van der Waals surface area contributed by atoms with Crippen LogP contribution < -0.4 is 0 Å². The van der Waals surface area contributed by atoms with Crippen LogP contribution in [0.5, 0.6) is 0 Å². The van der Waals surface area contributed by atoms with Crippen LogP contribution in [0.3, 0.4) is 0 Å². The number of carbonyl (C=O) groups is 1. The number of carboxylic acid groups (broad SMARTS) is 1. The number of carboxylic acids is 1. The van der Waals surface area contributed by atoms with Crippen LogP contribution in [-0.4, -0.2) is 16.2 Å². The fourth-order valence-electron chi connectivity index (χ4n) is 1.99. The van der Waals surface area contributed by atoms with Crippen LogP contribution in [0.1, 0.15) is 17.2 Å². The monoisotopic (exact) mass is 330 g/mol. The van der Waals surface area contributed by atoms with Crippen LogP contribution >= 0.6 is 11.6 Å². The molecule has 0 spiro atoms. The molecular weight excluding hydrogens is 321 g/mol. The third-order valence-corrected chi connectivity index (χ3v) is 3.30. The summed E-state index contributed by atoms with van der Waals surface area (Å²) >= 11 is 5.85. The number of benzene rings is 2. The van der Waals surface area contributed by atoms with Crippen LogP contribution in [0.4, 0.5) is 13.2 Å². The largest absolute Gasteiger partial charge is 0.479 e. The molecule has 0 bridgehead atoms. The standard InChI is InChI=1S/C15H10ClF3O3/c16-10-5-6-11(13(20)14(21)22)12(7-10)8-1-3-9(4-2-8)15(17,18)19/h1-7,13,20H,(H,21,22). The molecular formula is C15H10ClF3O3. The van der Waals surface area contributed by atoms with Crippen molar-refractivity contribution in [1.82, 2.24) is 0 Å². The first-order valence-corrected chi connectivity index (χ1v) is 6.46. The summed E-state index contributed by atoms with van der Waals surface area (Å²) in [5.74, 6) is -1.46. The highest BCUT2D eigenvalue weighted by molar-refractivity contribution is 6.30. The molecule has 0 amide bonds. The van der Waals surface area contributed by atoms with Crippen molar-refractivity contribution in [3.63, 3.8) is 0 Å². The molecule has 1 unspecified atom stereocenters. The molecule has 116 valence electrons. The number of aliphatic carboxylic acids is 1. The zero-order chi connectivity index (χ0) is 16.5. The Labute approximate surface area is 128 Å². The van der Waals surface area contributed by atoms with E-state index in [0.717, 1.165) is 12.1 Å². The van der Waals surface area contributed by atoms with Gasteiger partial charge in [-0.1, -0.05) is 29.8 Å². The summed E-state index contributed by atoms with van der Waals surface area (Å²) in [6.45, 7) is 0. The molecule has 0 aliphatic carbocycles. The highest BCUT2D eigenvalue weighted by atomic mass is 35.5. The van der Waals surface area contributed by atoms with Gasteiger partial charge >= 0.3 is 12.1 Å². The molecule has 2 rings (SSSR count).